The first-order valence-corrected chi connectivity index (χ1v) is 10.9. The van der Waals surface area contributed by atoms with E-state index >= 15 is 0 Å². The predicted octanol–water partition coefficient (Wildman–Crippen LogP) is 2.53. The van der Waals surface area contributed by atoms with Crippen molar-refractivity contribution >= 4 is 38.8 Å². The van der Waals surface area contributed by atoms with E-state index in [2.05, 4.69) is 26.2 Å². The van der Waals surface area contributed by atoms with Crippen LogP contribution in [-0.2, 0) is 17.9 Å². The lowest BCUT2D eigenvalue weighted by Gasteiger charge is -2.42. The van der Waals surface area contributed by atoms with E-state index < -0.39 is 23.0 Å². The first-order chi connectivity index (χ1) is 15.7. The minimum atomic E-state index is -1.43. The highest BCUT2D eigenvalue weighted by Crippen LogP contribution is 2.25. The van der Waals surface area contributed by atoms with Crippen LogP contribution in [0.3, 0.4) is 0 Å². The van der Waals surface area contributed by atoms with Gasteiger partial charge in [0.2, 0.25) is 5.91 Å². The number of rotatable bonds is 5. The van der Waals surface area contributed by atoms with Crippen molar-refractivity contribution in [2.24, 2.45) is 0 Å². The summed E-state index contributed by atoms with van der Waals surface area (Å²) in [6.45, 7) is 1.14. The van der Waals surface area contributed by atoms with Gasteiger partial charge >= 0.3 is 0 Å². The molecule has 1 aliphatic heterocycles. The topological polar surface area (TPSA) is 108 Å². The van der Waals surface area contributed by atoms with E-state index in [9.17, 15) is 18.8 Å². The van der Waals surface area contributed by atoms with Gasteiger partial charge in [-0.1, -0.05) is 12.1 Å². The molecule has 10 heteroatoms. The third-order valence-corrected chi connectivity index (χ3v) is 5.79. The van der Waals surface area contributed by atoms with Gasteiger partial charge in [-0.15, -0.1) is 0 Å². The highest BCUT2D eigenvalue weighted by atomic mass is 79.9. The Morgan fingerprint density at radius 1 is 1.27 bits per heavy atom. The maximum absolute atomic E-state index is 13.8. The zero-order valence-electron chi connectivity index (χ0n) is 17.6. The molecule has 0 saturated carbocycles. The smallest absolute Gasteiger partial charge is 0.265 e. The summed E-state index contributed by atoms with van der Waals surface area (Å²) in [5.41, 5.74) is -0.715. The fourth-order valence-electron chi connectivity index (χ4n) is 3.68. The Morgan fingerprint density at radius 2 is 1.97 bits per heavy atom. The number of hydrogen-bond donors (Lipinski definition) is 1. The molecule has 168 valence electrons. The third kappa shape index (κ3) is 4.78. The van der Waals surface area contributed by atoms with Crippen LogP contribution in [0.15, 0.2) is 51.9 Å². The summed E-state index contributed by atoms with van der Waals surface area (Å²) in [4.78, 5) is 44.2. The van der Waals surface area contributed by atoms with Crippen molar-refractivity contribution in [1.82, 2.24) is 19.8 Å². The standard InChI is InChI=1S/C23H19BrFN5O3/c1-23(25)12-29(13-23)19(31)11-30-20-16(6-17(24)10-27-20)7-18(22(30)33)21(32)28-9-15-4-2-14(8-26)3-5-15/h2-7,10H,9,11-13H2,1H3,(H,28,32). The highest BCUT2D eigenvalue weighted by Gasteiger charge is 2.41. The van der Waals surface area contributed by atoms with Crippen LogP contribution in [-0.4, -0.2) is 45.0 Å². The van der Waals surface area contributed by atoms with E-state index in [-0.39, 0.29) is 37.4 Å². The minimum Gasteiger partial charge on any atom is -0.348 e. The zero-order chi connectivity index (χ0) is 23.8. The molecule has 4 rings (SSSR count). The minimum absolute atomic E-state index is 0.0394. The predicted molar refractivity (Wildman–Crippen MR) is 122 cm³/mol. The van der Waals surface area contributed by atoms with Gasteiger partial charge in [0.1, 0.15) is 23.4 Å². The Bertz CT molecular complexity index is 1350. The average molecular weight is 512 g/mol. The summed E-state index contributed by atoms with van der Waals surface area (Å²) in [7, 11) is 0. The van der Waals surface area contributed by atoms with E-state index in [0.717, 1.165) is 10.1 Å². The number of nitriles is 1. The largest absolute Gasteiger partial charge is 0.348 e. The molecule has 1 saturated heterocycles. The first-order valence-electron chi connectivity index (χ1n) is 10.1. The van der Waals surface area contributed by atoms with Crippen molar-refractivity contribution in [3.8, 4) is 6.07 Å². The maximum atomic E-state index is 13.8. The number of carbonyl (C=O) groups excluding carboxylic acids is 2. The summed E-state index contributed by atoms with van der Waals surface area (Å²) in [6.07, 6.45) is 1.50. The SMILES string of the molecule is CC1(F)CN(C(=O)Cn2c(=O)c(C(=O)NCc3ccc(C#N)cc3)cc3cc(Br)cnc32)C1. The molecule has 0 unspecified atom stereocenters. The van der Waals surface area contributed by atoms with Gasteiger partial charge in [0.05, 0.1) is 24.7 Å². The number of fused-ring (bicyclic) bond motifs is 1. The van der Waals surface area contributed by atoms with Crippen LogP contribution >= 0.6 is 15.9 Å². The van der Waals surface area contributed by atoms with Crippen LogP contribution in [0.4, 0.5) is 4.39 Å². The Balaban J connectivity index is 1.62. The van der Waals surface area contributed by atoms with Gasteiger partial charge < -0.3 is 10.2 Å². The van der Waals surface area contributed by atoms with Gasteiger partial charge in [0.25, 0.3) is 11.5 Å². The number of halogens is 2. The number of nitrogens with zero attached hydrogens (tertiary/aromatic N) is 4. The number of hydrogen-bond acceptors (Lipinski definition) is 5. The number of likely N-dealkylation sites (tertiary alicyclic amines) is 1. The molecule has 2 amide bonds. The second kappa shape index (κ2) is 8.75. The van der Waals surface area contributed by atoms with Crippen molar-refractivity contribution in [3.05, 3.63) is 74.1 Å². The number of aromatic nitrogens is 2. The van der Waals surface area contributed by atoms with Gasteiger partial charge in [-0.05, 0) is 52.7 Å². The maximum Gasteiger partial charge on any atom is 0.265 e. The molecule has 33 heavy (non-hydrogen) atoms. The number of benzene rings is 1. The molecule has 1 fully saturated rings. The molecule has 0 atom stereocenters. The van der Waals surface area contributed by atoms with Crippen molar-refractivity contribution in [2.75, 3.05) is 13.1 Å². The molecular weight excluding hydrogens is 493 g/mol. The average Bonchev–Trinajstić information content (AvgIpc) is 2.77. The number of amides is 2. The molecule has 8 nitrogen and oxygen atoms in total. The van der Waals surface area contributed by atoms with Crippen molar-refractivity contribution < 1.29 is 14.0 Å². The van der Waals surface area contributed by atoms with Crippen LogP contribution in [0, 0.1) is 11.3 Å². The summed E-state index contributed by atoms with van der Waals surface area (Å²) in [5, 5.41) is 12.1. The van der Waals surface area contributed by atoms with Crippen LogP contribution in [0.25, 0.3) is 11.0 Å². The molecular formula is C23H19BrFN5O3. The molecule has 0 radical (unpaired) electrons. The Morgan fingerprint density at radius 3 is 2.61 bits per heavy atom. The zero-order valence-corrected chi connectivity index (χ0v) is 19.2. The normalized spacial score (nSPS) is 14.4. The number of pyridine rings is 2. The number of nitrogens with one attached hydrogen (secondary N) is 1. The first kappa shape index (κ1) is 22.6. The lowest BCUT2D eigenvalue weighted by atomic mass is 9.99. The molecule has 2 aromatic heterocycles. The van der Waals surface area contributed by atoms with Gasteiger partial charge in [-0.3, -0.25) is 19.0 Å². The monoisotopic (exact) mass is 511 g/mol. The second-order valence-electron chi connectivity index (χ2n) is 8.17. The lowest BCUT2D eigenvalue weighted by Crippen LogP contribution is -2.60. The van der Waals surface area contributed by atoms with Crippen LogP contribution in [0.2, 0.25) is 0 Å². The molecule has 1 aliphatic rings. The van der Waals surface area contributed by atoms with Crippen LogP contribution in [0.1, 0.15) is 28.4 Å². The quantitative estimate of drug-likeness (QED) is 0.566. The molecule has 3 heterocycles. The van der Waals surface area contributed by atoms with Crippen LogP contribution < -0.4 is 10.9 Å². The summed E-state index contributed by atoms with van der Waals surface area (Å²) in [6, 6.07) is 11.9. The molecule has 3 aromatic rings. The van der Waals surface area contributed by atoms with Crippen molar-refractivity contribution in [1.29, 1.82) is 5.26 Å². The van der Waals surface area contributed by atoms with Gasteiger partial charge in [0, 0.05) is 22.6 Å². The Kier molecular flexibility index (Phi) is 5.99. The fourth-order valence-corrected chi connectivity index (χ4v) is 4.03. The highest BCUT2D eigenvalue weighted by molar-refractivity contribution is 9.10. The van der Waals surface area contributed by atoms with E-state index in [1.807, 2.05) is 6.07 Å². The summed E-state index contributed by atoms with van der Waals surface area (Å²) in [5.74, 6) is -1.03. The van der Waals surface area contributed by atoms with Crippen molar-refractivity contribution in [3.63, 3.8) is 0 Å². The summed E-state index contributed by atoms with van der Waals surface area (Å²) >= 11 is 3.33. The van der Waals surface area contributed by atoms with E-state index in [4.69, 9.17) is 5.26 Å². The molecule has 1 N–H and O–H groups in total. The van der Waals surface area contributed by atoms with Gasteiger partial charge in [0.15, 0.2) is 0 Å². The molecule has 0 bridgehead atoms. The van der Waals surface area contributed by atoms with Gasteiger partial charge in [-0.2, -0.15) is 5.26 Å². The Labute approximate surface area is 196 Å². The number of carbonyl (C=O) groups is 2. The van der Waals surface area contributed by atoms with E-state index in [1.54, 1.807) is 30.3 Å². The van der Waals surface area contributed by atoms with Crippen LogP contribution in [0.5, 0.6) is 0 Å². The molecule has 0 aliphatic carbocycles. The number of alkyl halides is 1. The van der Waals surface area contributed by atoms with Crippen molar-refractivity contribution in [2.45, 2.75) is 25.7 Å². The summed E-state index contributed by atoms with van der Waals surface area (Å²) < 4.78 is 15.6. The lowest BCUT2D eigenvalue weighted by molar-refractivity contribution is -0.144. The molecule has 1 aromatic carbocycles. The molecule has 0 spiro atoms. The van der Waals surface area contributed by atoms with E-state index in [0.29, 0.717) is 15.4 Å². The second-order valence-corrected chi connectivity index (χ2v) is 9.09. The third-order valence-electron chi connectivity index (χ3n) is 5.36. The van der Waals surface area contributed by atoms with E-state index in [1.165, 1.54) is 24.1 Å². The van der Waals surface area contributed by atoms with Gasteiger partial charge in [-0.25, -0.2) is 9.37 Å². The fraction of sp³-hybridized carbons (Fsp3) is 0.261. The Hall–Kier alpha value is -3.58.